The normalized spacial score (nSPS) is 20.3. The fourth-order valence-electron chi connectivity index (χ4n) is 6.34. The predicted octanol–water partition coefficient (Wildman–Crippen LogP) is 5.37. The number of alkyl halides is 3. The third-order valence-corrected chi connectivity index (χ3v) is 8.83. The van der Waals surface area contributed by atoms with Crippen LogP contribution in [0.1, 0.15) is 48.7 Å². The fraction of sp³-hybridized carbons (Fsp3) is 0.471. The van der Waals surface area contributed by atoms with Crippen molar-refractivity contribution < 1.29 is 27.4 Å². The van der Waals surface area contributed by atoms with Crippen molar-refractivity contribution in [2.24, 2.45) is 0 Å². The highest BCUT2D eigenvalue weighted by molar-refractivity contribution is 5.95. The maximum Gasteiger partial charge on any atom is 0.406 e. The van der Waals surface area contributed by atoms with Gasteiger partial charge in [-0.3, -0.25) is 9.69 Å². The second-order valence-electron chi connectivity index (χ2n) is 11.9. The molecule has 244 valence electrons. The standard InChI is InChI=1S/C34H39F3N6O3/c1-33(42-16-19-45-20-17-42)12-10-25(11-13-33)41-28-6-3-7-30-27(28)22-26(43(30)23-34(35,36)37)5-4-15-40-29-9-8-24(32(44)39-2)21-31(29)46-18-14-38/h3,6-9,21-22,25,40-41H,10-13,15-20,23H2,1-2H3,(H,39,44). The number of nitrogens with one attached hydrogen (secondary N) is 3. The summed E-state index contributed by atoms with van der Waals surface area (Å²) in [6.45, 7) is 4.45. The Hall–Kier alpha value is -4.39. The molecule has 1 aromatic heterocycles. The third kappa shape index (κ3) is 7.87. The highest BCUT2D eigenvalue weighted by atomic mass is 19.4. The molecule has 2 aromatic carbocycles. The highest BCUT2D eigenvalue weighted by Gasteiger charge is 2.37. The summed E-state index contributed by atoms with van der Waals surface area (Å²) in [5, 5.41) is 18.9. The van der Waals surface area contributed by atoms with Crippen LogP contribution in [0.2, 0.25) is 0 Å². The maximum atomic E-state index is 13.7. The number of aromatic nitrogens is 1. The minimum Gasteiger partial charge on any atom is -0.477 e. The molecule has 0 unspecified atom stereocenters. The summed E-state index contributed by atoms with van der Waals surface area (Å²) in [6.07, 6.45) is -0.419. The number of benzene rings is 2. The summed E-state index contributed by atoms with van der Waals surface area (Å²) in [5.41, 5.74) is 2.50. The largest absolute Gasteiger partial charge is 0.477 e. The summed E-state index contributed by atoms with van der Waals surface area (Å²) in [7, 11) is 1.51. The first kappa shape index (κ1) is 33.0. The number of hydrogen-bond acceptors (Lipinski definition) is 7. The maximum absolute atomic E-state index is 13.7. The molecular weight excluding hydrogens is 597 g/mol. The minimum absolute atomic E-state index is 0.0882. The summed E-state index contributed by atoms with van der Waals surface area (Å²) in [5.74, 6) is 5.83. The third-order valence-electron chi connectivity index (χ3n) is 8.83. The SMILES string of the molecule is CNC(=O)c1ccc(NCC#Cc2cc3c(NC4CCC(C)(N5CCOCC5)CC4)cccc3n2CC(F)(F)F)c(OCC#N)c1. The number of carbonyl (C=O) groups excluding carboxylic acids is 1. The van der Waals surface area contributed by atoms with Gasteiger partial charge in [0, 0.05) is 48.4 Å². The lowest BCUT2D eigenvalue weighted by Crippen LogP contribution is -2.54. The Balaban J connectivity index is 1.33. The molecule has 1 aliphatic carbocycles. The van der Waals surface area contributed by atoms with Gasteiger partial charge in [-0.15, -0.1) is 0 Å². The molecule has 3 aromatic rings. The Morgan fingerprint density at radius 2 is 1.89 bits per heavy atom. The van der Waals surface area contributed by atoms with Crippen LogP contribution in [0.25, 0.3) is 10.9 Å². The molecule has 2 fully saturated rings. The van der Waals surface area contributed by atoms with Crippen LogP contribution in [-0.2, 0) is 11.3 Å². The quantitative estimate of drug-likeness (QED) is 0.271. The zero-order chi connectivity index (χ0) is 32.7. The molecule has 9 nitrogen and oxygen atoms in total. The van der Waals surface area contributed by atoms with Crippen LogP contribution in [0.5, 0.6) is 5.75 Å². The van der Waals surface area contributed by atoms with Gasteiger partial charge in [0.25, 0.3) is 5.91 Å². The average Bonchev–Trinajstić information content (AvgIpc) is 3.40. The number of anilines is 2. The van der Waals surface area contributed by atoms with E-state index in [1.165, 1.54) is 17.7 Å². The smallest absolute Gasteiger partial charge is 0.406 e. The number of nitrogens with zero attached hydrogens (tertiary/aromatic N) is 3. The number of fused-ring (bicyclic) bond motifs is 1. The van der Waals surface area contributed by atoms with Gasteiger partial charge in [-0.05, 0) is 74.9 Å². The Bertz CT molecular complexity index is 1640. The van der Waals surface area contributed by atoms with E-state index in [0.29, 0.717) is 27.9 Å². The number of morpholine rings is 1. The first-order valence-electron chi connectivity index (χ1n) is 15.5. The molecular formula is C34H39F3N6O3. The second-order valence-corrected chi connectivity index (χ2v) is 11.9. The van der Waals surface area contributed by atoms with E-state index in [2.05, 4.69) is 39.6 Å². The molecule has 0 atom stereocenters. The Morgan fingerprint density at radius 1 is 1.13 bits per heavy atom. The van der Waals surface area contributed by atoms with Gasteiger partial charge in [0.15, 0.2) is 6.61 Å². The van der Waals surface area contributed by atoms with Crippen molar-refractivity contribution in [3.8, 4) is 23.7 Å². The van der Waals surface area contributed by atoms with Crippen molar-refractivity contribution >= 4 is 28.2 Å². The molecule has 3 N–H and O–H groups in total. The van der Waals surface area contributed by atoms with Gasteiger partial charge in [0.1, 0.15) is 18.4 Å². The highest BCUT2D eigenvalue weighted by Crippen LogP contribution is 2.37. The number of hydrogen-bond donors (Lipinski definition) is 3. The van der Waals surface area contributed by atoms with Crippen molar-refractivity contribution in [3.05, 3.63) is 53.7 Å². The van der Waals surface area contributed by atoms with Gasteiger partial charge >= 0.3 is 6.18 Å². The van der Waals surface area contributed by atoms with E-state index in [9.17, 15) is 18.0 Å². The van der Waals surface area contributed by atoms with Crippen LogP contribution in [0.4, 0.5) is 24.5 Å². The van der Waals surface area contributed by atoms with E-state index >= 15 is 0 Å². The Labute approximate surface area is 267 Å². The summed E-state index contributed by atoms with van der Waals surface area (Å²) in [4.78, 5) is 14.6. The Kier molecular flexibility index (Phi) is 10.3. The monoisotopic (exact) mass is 636 g/mol. The topological polar surface area (TPSA) is 104 Å². The van der Waals surface area contributed by atoms with E-state index in [1.54, 1.807) is 30.3 Å². The van der Waals surface area contributed by atoms with Gasteiger partial charge in [-0.25, -0.2) is 0 Å². The van der Waals surface area contributed by atoms with Crippen molar-refractivity contribution in [1.82, 2.24) is 14.8 Å². The lowest BCUT2D eigenvalue weighted by molar-refractivity contribution is -0.140. The molecule has 1 amide bonds. The molecule has 46 heavy (non-hydrogen) atoms. The number of carbonyl (C=O) groups is 1. The number of rotatable bonds is 9. The first-order valence-corrected chi connectivity index (χ1v) is 15.5. The lowest BCUT2D eigenvalue weighted by Gasteiger charge is -2.47. The van der Waals surface area contributed by atoms with Crippen LogP contribution in [0, 0.1) is 23.2 Å². The van der Waals surface area contributed by atoms with E-state index in [0.717, 1.165) is 57.7 Å². The zero-order valence-corrected chi connectivity index (χ0v) is 26.1. The Morgan fingerprint density at radius 3 is 2.59 bits per heavy atom. The number of ether oxygens (including phenoxy) is 2. The summed E-state index contributed by atoms with van der Waals surface area (Å²) < 4.78 is 53.4. The zero-order valence-electron chi connectivity index (χ0n) is 26.1. The minimum atomic E-state index is -4.43. The summed E-state index contributed by atoms with van der Waals surface area (Å²) in [6, 6.07) is 14.0. The van der Waals surface area contributed by atoms with Crippen LogP contribution >= 0.6 is 0 Å². The van der Waals surface area contributed by atoms with Gasteiger partial charge in [0.2, 0.25) is 0 Å². The lowest BCUT2D eigenvalue weighted by atomic mass is 9.79. The van der Waals surface area contributed by atoms with Crippen LogP contribution in [0.15, 0.2) is 42.5 Å². The van der Waals surface area contributed by atoms with Crippen molar-refractivity contribution in [2.75, 3.05) is 57.1 Å². The molecule has 0 bridgehead atoms. The van der Waals surface area contributed by atoms with Gasteiger partial charge in [-0.1, -0.05) is 12.0 Å². The van der Waals surface area contributed by atoms with E-state index < -0.39 is 12.7 Å². The van der Waals surface area contributed by atoms with E-state index in [1.807, 2.05) is 12.1 Å². The van der Waals surface area contributed by atoms with Gasteiger partial charge in [-0.2, -0.15) is 18.4 Å². The van der Waals surface area contributed by atoms with Gasteiger partial charge < -0.3 is 30.0 Å². The number of halogens is 3. The van der Waals surface area contributed by atoms with E-state index in [-0.39, 0.29) is 36.3 Å². The van der Waals surface area contributed by atoms with Crippen LogP contribution < -0.4 is 20.7 Å². The molecule has 2 heterocycles. The number of nitriles is 1. The summed E-state index contributed by atoms with van der Waals surface area (Å²) >= 11 is 0. The van der Waals surface area contributed by atoms with Crippen LogP contribution in [-0.4, -0.2) is 79.6 Å². The van der Waals surface area contributed by atoms with Crippen molar-refractivity contribution in [2.45, 2.75) is 56.9 Å². The molecule has 2 aliphatic rings. The molecule has 12 heteroatoms. The number of amides is 1. The molecule has 1 saturated carbocycles. The molecule has 0 radical (unpaired) electrons. The first-order chi connectivity index (χ1) is 22.1. The average molecular weight is 637 g/mol. The van der Waals surface area contributed by atoms with Crippen LogP contribution in [0.3, 0.4) is 0 Å². The molecule has 1 saturated heterocycles. The van der Waals surface area contributed by atoms with Gasteiger partial charge in [0.05, 0.1) is 36.7 Å². The van der Waals surface area contributed by atoms with E-state index in [4.69, 9.17) is 14.7 Å². The predicted molar refractivity (Wildman–Crippen MR) is 171 cm³/mol. The molecule has 5 rings (SSSR count). The molecule has 0 spiro atoms. The molecule has 1 aliphatic heterocycles. The van der Waals surface area contributed by atoms with Crippen molar-refractivity contribution in [3.63, 3.8) is 0 Å². The fourth-order valence-corrected chi connectivity index (χ4v) is 6.34. The second kappa shape index (κ2) is 14.4. The van der Waals surface area contributed by atoms with Crippen molar-refractivity contribution in [1.29, 1.82) is 5.26 Å².